The normalized spacial score (nSPS) is 11.4. The van der Waals surface area contributed by atoms with Crippen LogP contribution in [0.15, 0.2) is 12.7 Å². The van der Waals surface area contributed by atoms with Crippen molar-refractivity contribution in [3.05, 3.63) is 12.7 Å². The first-order valence-corrected chi connectivity index (χ1v) is 6.95. The molecule has 1 nitrogen and oxygen atoms in total. The lowest BCUT2D eigenvalue weighted by Crippen LogP contribution is -2.28. The predicted octanol–water partition coefficient (Wildman–Crippen LogP) is 2.07. The molecule has 0 unspecified atom stereocenters. The summed E-state index contributed by atoms with van der Waals surface area (Å²) in [5, 5.41) is 0. The Morgan fingerprint density at radius 3 is 2.33 bits per heavy atom. The average molecular weight is 144 g/mol. The van der Waals surface area contributed by atoms with Crippen LogP contribution in [0.25, 0.3) is 0 Å². The van der Waals surface area contributed by atoms with E-state index >= 15 is 0 Å². The van der Waals surface area contributed by atoms with E-state index in [1.807, 2.05) is 0 Å². The van der Waals surface area contributed by atoms with E-state index in [0.29, 0.717) is 6.61 Å². The van der Waals surface area contributed by atoms with Gasteiger partial charge in [0.05, 0.1) is 14.7 Å². The van der Waals surface area contributed by atoms with Crippen molar-refractivity contribution >= 4 is 8.07 Å². The lowest BCUT2D eigenvalue weighted by Gasteiger charge is -2.14. The van der Waals surface area contributed by atoms with Crippen LogP contribution in [0.2, 0.25) is 19.6 Å². The maximum absolute atomic E-state index is 5.29. The van der Waals surface area contributed by atoms with E-state index in [1.165, 1.54) is 0 Å². The van der Waals surface area contributed by atoms with Crippen LogP contribution in [0.3, 0.4) is 0 Å². The number of ether oxygens (including phenoxy) is 1. The van der Waals surface area contributed by atoms with E-state index in [2.05, 4.69) is 26.2 Å². The van der Waals surface area contributed by atoms with Gasteiger partial charge in [0.2, 0.25) is 0 Å². The summed E-state index contributed by atoms with van der Waals surface area (Å²) in [4.78, 5) is 0. The molecule has 0 aliphatic carbocycles. The second-order valence-electron chi connectivity index (χ2n) is 3.36. The van der Waals surface area contributed by atoms with E-state index in [1.54, 1.807) is 6.08 Å². The molecule has 0 fully saturated rings. The molecule has 0 bridgehead atoms. The Morgan fingerprint density at radius 1 is 1.44 bits per heavy atom. The van der Waals surface area contributed by atoms with Crippen molar-refractivity contribution in [1.29, 1.82) is 0 Å². The van der Waals surface area contributed by atoms with Gasteiger partial charge in [0.1, 0.15) is 0 Å². The van der Waals surface area contributed by atoms with Gasteiger partial charge in [0.15, 0.2) is 0 Å². The zero-order chi connectivity index (χ0) is 7.33. The zero-order valence-corrected chi connectivity index (χ0v) is 7.61. The molecule has 0 saturated carbocycles. The summed E-state index contributed by atoms with van der Waals surface area (Å²) in [6.45, 7) is 11.1. The lowest BCUT2D eigenvalue weighted by atomic mass is 10.7. The summed E-state index contributed by atoms with van der Waals surface area (Å²) in [7, 11) is -0.964. The minimum Gasteiger partial charge on any atom is -0.381 e. The largest absolute Gasteiger partial charge is 0.381 e. The van der Waals surface area contributed by atoms with Crippen LogP contribution in [-0.4, -0.2) is 20.9 Å². The fraction of sp³-hybridized carbons (Fsp3) is 0.714. The molecule has 54 valence electrons. The minimum absolute atomic E-state index is 0.699. The van der Waals surface area contributed by atoms with E-state index in [9.17, 15) is 0 Å². The Morgan fingerprint density at radius 2 is 2.00 bits per heavy atom. The van der Waals surface area contributed by atoms with Gasteiger partial charge in [-0.05, 0) is 0 Å². The fourth-order valence-corrected chi connectivity index (χ4v) is 1.18. The maximum Gasteiger partial charge on any atom is 0.0746 e. The summed E-state index contributed by atoms with van der Waals surface area (Å²) in [5.74, 6) is 0. The summed E-state index contributed by atoms with van der Waals surface area (Å²) in [6, 6.07) is 0. The predicted molar refractivity (Wildman–Crippen MR) is 44.4 cm³/mol. The zero-order valence-electron chi connectivity index (χ0n) is 6.61. The van der Waals surface area contributed by atoms with E-state index in [4.69, 9.17) is 4.74 Å². The van der Waals surface area contributed by atoms with Gasteiger partial charge in [0, 0.05) is 6.23 Å². The molecular weight excluding hydrogens is 128 g/mol. The van der Waals surface area contributed by atoms with Crippen molar-refractivity contribution in [2.24, 2.45) is 0 Å². The molecule has 0 aliphatic heterocycles. The molecule has 0 rings (SSSR count). The van der Waals surface area contributed by atoms with Gasteiger partial charge in [-0.2, -0.15) is 0 Å². The van der Waals surface area contributed by atoms with E-state index in [0.717, 1.165) is 6.23 Å². The van der Waals surface area contributed by atoms with Crippen molar-refractivity contribution in [1.82, 2.24) is 0 Å². The van der Waals surface area contributed by atoms with Gasteiger partial charge < -0.3 is 4.74 Å². The second-order valence-corrected chi connectivity index (χ2v) is 8.77. The number of hydrogen-bond acceptors (Lipinski definition) is 1. The van der Waals surface area contributed by atoms with Crippen molar-refractivity contribution in [3.8, 4) is 0 Å². The quantitative estimate of drug-likeness (QED) is 0.333. The molecule has 0 radical (unpaired) electrons. The highest BCUT2D eigenvalue weighted by molar-refractivity contribution is 6.76. The van der Waals surface area contributed by atoms with Gasteiger partial charge in [-0.1, -0.05) is 25.7 Å². The van der Waals surface area contributed by atoms with Gasteiger partial charge in [-0.15, -0.1) is 6.58 Å². The molecular formula is C7H16OSi. The molecule has 0 aromatic rings. The molecule has 0 atom stereocenters. The molecule has 0 aliphatic rings. The molecule has 0 aromatic heterocycles. The summed E-state index contributed by atoms with van der Waals surface area (Å²) < 4.78 is 5.29. The van der Waals surface area contributed by atoms with Gasteiger partial charge in [0.25, 0.3) is 0 Å². The maximum atomic E-state index is 5.29. The van der Waals surface area contributed by atoms with Crippen LogP contribution in [0.5, 0.6) is 0 Å². The topological polar surface area (TPSA) is 9.23 Å². The standard InChI is InChI=1S/C7H16OSi/c1-5-6-8-7-9(2,3)4/h5H,1,6-7H2,2-4H3. The van der Waals surface area contributed by atoms with Crippen molar-refractivity contribution in [2.45, 2.75) is 19.6 Å². The van der Waals surface area contributed by atoms with Gasteiger partial charge >= 0.3 is 0 Å². The van der Waals surface area contributed by atoms with E-state index < -0.39 is 8.07 Å². The Labute approximate surface area is 58.7 Å². The third-order valence-corrected chi connectivity index (χ3v) is 1.84. The molecule has 0 saturated heterocycles. The summed E-state index contributed by atoms with van der Waals surface area (Å²) in [5.41, 5.74) is 0. The molecule has 9 heavy (non-hydrogen) atoms. The van der Waals surface area contributed by atoms with Crippen LogP contribution in [-0.2, 0) is 4.74 Å². The van der Waals surface area contributed by atoms with Crippen LogP contribution < -0.4 is 0 Å². The lowest BCUT2D eigenvalue weighted by molar-refractivity contribution is 0.206. The molecule has 0 spiro atoms. The number of hydrogen-bond donors (Lipinski definition) is 0. The minimum atomic E-state index is -0.964. The Kier molecular flexibility index (Phi) is 3.82. The van der Waals surface area contributed by atoms with Crippen molar-refractivity contribution < 1.29 is 4.74 Å². The highest BCUT2D eigenvalue weighted by atomic mass is 28.3. The van der Waals surface area contributed by atoms with Crippen molar-refractivity contribution in [3.63, 3.8) is 0 Å². The smallest absolute Gasteiger partial charge is 0.0746 e. The van der Waals surface area contributed by atoms with Crippen LogP contribution >= 0.6 is 0 Å². The molecule has 0 heterocycles. The SMILES string of the molecule is C=CCOC[Si](C)(C)C. The van der Waals surface area contributed by atoms with Crippen LogP contribution in [0.4, 0.5) is 0 Å². The van der Waals surface area contributed by atoms with Gasteiger partial charge in [-0.3, -0.25) is 0 Å². The third-order valence-electron chi connectivity index (χ3n) is 0.771. The Balaban J connectivity index is 3.17. The first kappa shape index (κ1) is 8.92. The fourth-order valence-electron chi connectivity index (χ4n) is 0.448. The number of rotatable bonds is 4. The first-order valence-electron chi connectivity index (χ1n) is 3.25. The summed E-state index contributed by atoms with van der Waals surface area (Å²) in [6.07, 6.45) is 2.74. The molecule has 0 amide bonds. The van der Waals surface area contributed by atoms with Crippen LogP contribution in [0, 0.1) is 0 Å². The second kappa shape index (κ2) is 3.85. The highest BCUT2D eigenvalue weighted by Gasteiger charge is 2.11. The highest BCUT2D eigenvalue weighted by Crippen LogP contribution is 1.99. The first-order chi connectivity index (χ1) is 4.06. The molecule has 0 N–H and O–H groups in total. The Bertz CT molecular complexity index is 83.4. The Hall–Kier alpha value is -0.0831. The molecule has 2 heteroatoms. The van der Waals surface area contributed by atoms with Crippen LogP contribution in [0.1, 0.15) is 0 Å². The van der Waals surface area contributed by atoms with Crippen molar-refractivity contribution in [2.75, 3.05) is 12.8 Å². The van der Waals surface area contributed by atoms with Gasteiger partial charge in [-0.25, -0.2) is 0 Å². The van der Waals surface area contributed by atoms with E-state index in [-0.39, 0.29) is 0 Å². The third kappa shape index (κ3) is 7.92. The summed E-state index contributed by atoms with van der Waals surface area (Å²) >= 11 is 0. The monoisotopic (exact) mass is 144 g/mol. The molecule has 0 aromatic carbocycles. The average Bonchev–Trinajstić information content (AvgIpc) is 1.63.